The minimum atomic E-state index is -3.60. The van der Waals surface area contributed by atoms with E-state index in [0.717, 1.165) is 11.3 Å². The van der Waals surface area contributed by atoms with Crippen LogP contribution in [0.3, 0.4) is 0 Å². The zero-order valence-corrected chi connectivity index (χ0v) is 13.9. The molecule has 22 heavy (non-hydrogen) atoms. The van der Waals surface area contributed by atoms with Crippen molar-refractivity contribution in [2.75, 3.05) is 13.1 Å². The first kappa shape index (κ1) is 16.9. The number of rotatable bonds is 8. The predicted octanol–water partition coefficient (Wildman–Crippen LogP) is 1.08. The van der Waals surface area contributed by atoms with Gasteiger partial charge in [0.25, 0.3) is 10.0 Å². The van der Waals surface area contributed by atoms with Gasteiger partial charge in [0.2, 0.25) is 5.91 Å². The molecule has 0 aliphatic carbocycles. The molecule has 1 amide bonds. The van der Waals surface area contributed by atoms with E-state index in [-0.39, 0.29) is 16.7 Å². The van der Waals surface area contributed by atoms with Crippen molar-refractivity contribution < 1.29 is 13.2 Å². The van der Waals surface area contributed by atoms with Crippen LogP contribution in [0.15, 0.2) is 34.1 Å². The summed E-state index contributed by atoms with van der Waals surface area (Å²) in [5.74, 6) is -0.376. The van der Waals surface area contributed by atoms with Crippen molar-refractivity contribution in [1.82, 2.24) is 19.8 Å². The van der Waals surface area contributed by atoms with Crippen molar-refractivity contribution in [1.29, 1.82) is 0 Å². The molecule has 0 radical (unpaired) electrons. The third-order valence-electron chi connectivity index (χ3n) is 2.67. The molecule has 2 aromatic heterocycles. The van der Waals surface area contributed by atoms with E-state index in [1.54, 1.807) is 28.5 Å². The van der Waals surface area contributed by atoms with E-state index < -0.39 is 10.0 Å². The second kappa shape index (κ2) is 7.73. The molecule has 0 fully saturated rings. The number of amides is 1. The van der Waals surface area contributed by atoms with Gasteiger partial charge >= 0.3 is 0 Å². The van der Waals surface area contributed by atoms with Crippen LogP contribution < -0.4 is 10.0 Å². The van der Waals surface area contributed by atoms with E-state index in [4.69, 9.17) is 11.6 Å². The highest BCUT2D eigenvalue weighted by Crippen LogP contribution is 2.14. The van der Waals surface area contributed by atoms with Crippen LogP contribution in [0.25, 0.3) is 0 Å². The number of nitrogens with zero attached hydrogens (tertiary/aromatic N) is 2. The summed E-state index contributed by atoms with van der Waals surface area (Å²) in [7, 11) is -3.60. The average Bonchev–Trinajstić information content (AvgIpc) is 3.13. The van der Waals surface area contributed by atoms with Crippen LogP contribution in [0, 0.1) is 0 Å². The lowest BCUT2D eigenvalue weighted by atomic mass is 10.4. The Labute approximate surface area is 137 Å². The fourth-order valence-corrected chi connectivity index (χ4v) is 3.82. The summed E-state index contributed by atoms with van der Waals surface area (Å²) in [5.41, 5.74) is 0. The Hall–Kier alpha value is -1.42. The molecule has 7 nitrogen and oxygen atoms in total. The number of aromatic nitrogens is 2. The maximum absolute atomic E-state index is 11.8. The lowest BCUT2D eigenvalue weighted by molar-refractivity contribution is -0.119. The topological polar surface area (TPSA) is 93.1 Å². The molecule has 0 atom stereocenters. The van der Waals surface area contributed by atoms with Crippen molar-refractivity contribution in [2.24, 2.45) is 0 Å². The first-order valence-electron chi connectivity index (χ1n) is 6.45. The molecule has 0 saturated carbocycles. The Bertz CT molecular complexity index is 713. The summed E-state index contributed by atoms with van der Waals surface area (Å²) < 4.78 is 27.7. The molecule has 2 rings (SSSR count). The highest BCUT2D eigenvalue weighted by atomic mass is 35.5. The molecule has 2 aromatic rings. The quantitative estimate of drug-likeness (QED) is 0.687. The van der Waals surface area contributed by atoms with Gasteiger partial charge in [-0.05, 0) is 17.9 Å². The van der Waals surface area contributed by atoms with E-state index in [1.807, 2.05) is 0 Å². The summed E-state index contributed by atoms with van der Waals surface area (Å²) in [6.45, 7) is 0.763. The highest BCUT2D eigenvalue weighted by molar-refractivity contribution is 7.91. The van der Waals surface area contributed by atoms with Crippen LogP contribution in [-0.4, -0.2) is 37.2 Å². The zero-order valence-electron chi connectivity index (χ0n) is 11.5. The number of carbonyl (C=O) groups is 1. The average molecular weight is 363 g/mol. The second-order valence-electron chi connectivity index (χ2n) is 4.38. The van der Waals surface area contributed by atoms with Gasteiger partial charge < -0.3 is 5.32 Å². The largest absolute Gasteiger partial charge is 0.355 e. The van der Waals surface area contributed by atoms with E-state index in [2.05, 4.69) is 15.1 Å². The molecule has 0 saturated heterocycles. The molecule has 0 unspecified atom stereocenters. The molecular weight excluding hydrogens is 348 g/mol. The van der Waals surface area contributed by atoms with Gasteiger partial charge in [-0.3, -0.25) is 9.48 Å². The van der Waals surface area contributed by atoms with Gasteiger partial charge in [-0.1, -0.05) is 17.7 Å². The van der Waals surface area contributed by atoms with Crippen molar-refractivity contribution in [3.63, 3.8) is 0 Å². The molecule has 0 spiro atoms. The third-order valence-corrected chi connectivity index (χ3v) is 5.66. The maximum Gasteiger partial charge on any atom is 0.250 e. The van der Waals surface area contributed by atoms with Crippen LogP contribution in [0.4, 0.5) is 0 Å². The SMILES string of the molecule is O=C(CNS(=O)(=O)c1cccs1)NCCCn1cc(Cl)cn1. The van der Waals surface area contributed by atoms with E-state index in [1.165, 1.54) is 6.07 Å². The van der Waals surface area contributed by atoms with Crippen LogP contribution in [-0.2, 0) is 21.4 Å². The monoisotopic (exact) mass is 362 g/mol. The first-order valence-corrected chi connectivity index (χ1v) is 9.19. The smallest absolute Gasteiger partial charge is 0.250 e. The van der Waals surface area contributed by atoms with E-state index >= 15 is 0 Å². The summed E-state index contributed by atoms with van der Waals surface area (Å²) in [6, 6.07) is 3.13. The molecule has 0 aromatic carbocycles. The summed E-state index contributed by atoms with van der Waals surface area (Å²) in [5, 5.41) is 8.88. The summed E-state index contributed by atoms with van der Waals surface area (Å²) in [6.07, 6.45) is 3.90. The Morgan fingerprint density at radius 3 is 2.91 bits per heavy atom. The first-order chi connectivity index (χ1) is 10.5. The highest BCUT2D eigenvalue weighted by Gasteiger charge is 2.15. The maximum atomic E-state index is 11.8. The number of carbonyl (C=O) groups excluding carboxylic acids is 1. The van der Waals surface area contributed by atoms with Crippen molar-refractivity contribution in [3.8, 4) is 0 Å². The third kappa shape index (κ3) is 5.09. The molecule has 10 heteroatoms. The molecule has 0 bridgehead atoms. The Morgan fingerprint density at radius 1 is 1.45 bits per heavy atom. The van der Waals surface area contributed by atoms with E-state index in [9.17, 15) is 13.2 Å². The van der Waals surface area contributed by atoms with Gasteiger partial charge in [0.1, 0.15) is 4.21 Å². The number of aryl methyl sites for hydroxylation is 1. The van der Waals surface area contributed by atoms with Gasteiger partial charge in [-0.2, -0.15) is 5.10 Å². The van der Waals surface area contributed by atoms with Gasteiger partial charge in [0.15, 0.2) is 0 Å². The number of hydrogen-bond acceptors (Lipinski definition) is 5. The molecule has 2 heterocycles. The van der Waals surface area contributed by atoms with Gasteiger partial charge in [-0.15, -0.1) is 11.3 Å². The standard InChI is InChI=1S/C12H15ClN4O3S2/c13-10-7-15-17(9-10)5-2-4-14-11(18)8-16-22(19,20)12-3-1-6-21-12/h1,3,6-7,9,16H,2,4-5,8H2,(H,14,18). The van der Waals surface area contributed by atoms with Crippen LogP contribution in [0.5, 0.6) is 0 Å². The fraction of sp³-hybridized carbons (Fsp3) is 0.333. The number of hydrogen-bond donors (Lipinski definition) is 2. The minimum Gasteiger partial charge on any atom is -0.355 e. The fourth-order valence-electron chi connectivity index (χ4n) is 1.64. The number of nitrogens with one attached hydrogen (secondary N) is 2. The molecule has 120 valence electrons. The van der Waals surface area contributed by atoms with Crippen molar-refractivity contribution in [2.45, 2.75) is 17.2 Å². The van der Waals surface area contributed by atoms with Crippen molar-refractivity contribution in [3.05, 3.63) is 34.9 Å². The molecular formula is C12H15ClN4O3S2. The number of sulfonamides is 1. The number of halogens is 1. The lowest BCUT2D eigenvalue weighted by Gasteiger charge is -2.07. The zero-order chi connectivity index (χ0) is 16.0. The van der Waals surface area contributed by atoms with Gasteiger partial charge in [0.05, 0.1) is 17.8 Å². The van der Waals surface area contributed by atoms with Crippen LogP contribution >= 0.6 is 22.9 Å². The van der Waals surface area contributed by atoms with Gasteiger partial charge in [-0.25, -0.2) is 13.1 Å². The molecule has 2 N–H and O–H groups in total. The molecule has 0 aliphatic rings. The Balaban J connectivity index is 1.66. The summed E-state index contributed by atoms with van der Waals surface area (Å²) in [4.78, 5) is 11.6. The molecule has 0 aliphatic heterocycles. The predicted molar refractivity (Wildman–Crippen MR) is 84.4 cm³/mol. The summed E-state index contributed by atoms with van der Waals surface area (Å²) >= 11 is 6.83. The Kier molecular flexibility index (Phi) is 5.95. The van der Waals surface area contributed by atoms with E-state index in [0.29, 0.717) is 24.5 Å². The Morgan fingerprint density at radius 2 is 2.27 bits per heavy atom. The van der Waals surface area contributed by atoms with Gasteiger partial charge in [0, 0.05) is 19.3 Å². The lowest BCUT2D eigenvalue weighted by Crippen LogP contribution is -2.37. The van der Waals surface area contributed by atoms with Crippen LogP contribution in [0.1, 0.15) is 6.42 Å². The number of thiophene rings is 1. The van der Waals surface area contributed by atoms with Crippen molar-refractivity contribution >= 4 is 38.9 Å². The normalized spacial score (nSPS) is 11.5. The minimum absolute atomic E-state index is 0.191. The van der Waals surface area contributed by atoms with Crippen LogP contribution in [0.2, 0.25) is 5.02 Å². The second-order valence-corrected chi connectivity index (χ2v) is 7.76.